The van der Waals surface area contributed by atoms with Crippen molar-refractivity contribution in [2.45, 2.75) is 44.6 Å². The summed E-state index contributed by atoms with van der Waals surface area (Å²) >= 11 is 0. The topological polar surface area (TPSA) is 166 Å². The van der Waals surface area contributed by atoms with Gasteiger partial charge in [0.2, 0.25) is 11.9 Å². The van der Waals surface area contributed by atoms with Crippen molar-refractivity contribution in [3.63, 3.8) is 0 Å². The van der Waals surface area contributed by atoms with Crippen LogP contribution in [0.25, 0.3) is 22.2 Å². The minimum atomic E-state index is -1.60. The summed E-state index contributed by atoms with van der Waals surface area (Å²) in [6.07, 6.45) is 4.43. The number of amides is 1. The van der Waals surface area contributed by atoms with Gasteiger partial charge in [-0.3, -0.25) is 14.6 Å². The number of Topliss-reactive ketones (excluding diaryl/α,β-unsaturated/α-hetero) is 1. The fraction of sp³-hybridized carbons (Fsp3) is 0.242. The van der Waals surface area contributed by atoms with Gasteiger partial charge in [0.25, 0.3) is 0 Å². The molecule has 5 aromatic rings. The van der Waals surface area contributed by atoms with Gasteiger partial charge in [0.05, 0.1) is 16.9 Å². The third kappa shape index (κ3) is 5.67. The van der Waals surface area contributed by atoms with Gasteiger partial charge in [-0.25, -0.2) is 24.3 Å². The number of nitrogens with one attached hydrogen (secondary N) is 1. The number of pyridine rings is 2. The van der Waals surface area contributed by atoms with Crippen LogP contribution in [0.1, 0.15) is 53.9 Å². The molecule has 4 N–H and O–H groups in total. The zero-order valence-electron chi connectivity index (χ0n) is 24.8. The maximum atomic E-state index is 13.7. The number of benzene rings is 2. The van der Waals surface area contributed by atoms with Gasteiger partial charge in [-0.2, -0.15) is 0 Å². The van der Waals surface area contributed by atoms with Crippen LogP contribution in [0.15, 0.2) is 67.4 Å². The number of nitrogens with zero attached hydrogens (tertiary/aromatic N) is 5. The summed E-state index contributed by atoms with van der Waals surface area (Å²) in [7, 11) is 0. The predicted octanol–water partition coefficient (Wildman–Crippen LogP) is 4.68. The first-order chi connectivity index (χ1) is 21.4. The monoisotopic (exact) mass is 607 g/mol. The summed E-state index contributed by atoms with van der Waals surface area (Å²) in [5, 5.41) is 15.6. The molecule has 1 aliphatic rings. The fourth-order valence-corrected chi connectivity index (χ4v) is 5.34. The molecular formula is C33H30FN7O4. The second-order valence-corrected chi connectivity index (χ2v) is 11.6. The fourth-order valence-electron chi connectivity index (χ4n) is 5.34. The second-order valence-electron chi connectivity index (χ2n) is 11.6. The highest BCUT2D eigenvalue weighted by Crippen LogP contribution is 2.46. The molecule has 0 saturated heterocycles. The first-order valence-electron chi connectivity index (χ1n) is 14.2. The highest BCUT2D eigenvalue weighted by atomic mass is 19.1. The number of primary amides is 1. The lowest BCUT2D eigenvalue weighted by Gasteiger charge is -2.26. The van der Waals surface area contributed by atoms with Crippen molar-refractivity contribution < 1.29 is 23.8 Å². The molecule has 4 heterocycles. The Bertz CT molecular complexity index is 1950. The second kappa shape index (κ2) is 11.3. The summed E-state index contributed by atoms with van der Waals surface area (Å²) in [6.45, 7) is 5.13. The number of ketones is 1. The number of aryl methyl sites for hydroxylation is 1. The first kappa shape index (κ1) is 29.7. The molecule has 12 heteroatoms. The van der Waals surface area contributed by atoms with Gasteiger partial charge >= 0.3 is 0 Å². The number of carbonyl (C=O) groups excluding carboxylic acids is 2. The number of anilines is 2. The molecule has 0 spiro atoms. The molecule has 0 aliphatic carbocycles. The van der Waals surface area contributed by atoms with E-state index in [-0.39, 0.29) is 30.9 Å². The van der Waals surface area contributed by atoms with Crippen molar-refractivity contribution in [2.24, 2.45) is 5.73 Å². The Morgan fingerprint density at radius 3 is 2.56 bits per heavy atom. The van der Waals surface area contributed by atoms with Gasteiger partial charge in [-0.05, 0) is 81.3 Å². The lowest BCUT2D eigenvalue weighted by Crippen LogP contribution is -2.40. The smallest absolute Gasteiger partial charge is 0.231 e. The van der Waals surface area contributed by atoms with E-state index in [9.17, 15) is 19.1 Å². The van der Waals surface area contributed by atoms with E-state index in [4.69, 9.17) is 15.5 Å². The van der Waals surface area contributed by atoms with E-state index in [1.165, 1.54) is 24.8 Å². The molecule has 0 fully saturated rings. The first-order valence-corrected chi connectivity index (χ1v) is 14.2. The van der Waals surface area contributed by atoms with Gasteiger partial charge in [0, 0.05) is 34.7 Å². The van der Waals surface area contributed by atoms with Crippen LogP contribution in [0.5, 0.6) is 5.75 Å². The van der Waals surface area contributed by atoms with Crippen LogP contribution < -0.4 is 15.8 Å². The summed E-state index contributed by atoms with van der Waals surface area (Å²) in [6, 6.07) is 12.6. The third-order valence-corrected chi connectivity index (χ3v) is 8.11. The molecule has 6 rings (SSSR count). The molecule has 1 amide bonds. The Labute approximate surface area is 257 Å². The van der Waals surface area contributed by atoms with E-state index in [0.29, 0.717) is 45.3 Å². The van der Waals surface area contributed by atoms with Gasteiger partial charge in [-0.1, -0.05) is 0 Å². The van der Waals surface area contributed by atoms with Gasteiger partial charge < -0.3 is 20.9 Å². The van der Waals surface area contributed by atoms with E-state index in [2.05, 4.69) is 25.3 Å². The van der Waals surface area contributed by atoms with Gasteiger partial charge in [-0.15, -0.1) is 0 Å². The number of ether oxygens (including phenoxy) is 1. The molecule has 1 aliphatic heterocycles. The highest BCUT2D eigenvalue weighted by Gasteiger charge is 2.45. The lowest BCUT2D eigenvalue weighted by atomic mass is 9.81. The van der Waals surface area contributed by atoms with Crippen molar-refractivity contribution in [2.75, 3.05) is 11.9 Å². The molecule has 0 radical (unpaired) electrons. The van der Waals surface area contributed by atoms with Crippen LogP contribution in [-0.4, -0.2) is 48.3 Å². The maximum Gasteiger partial charge on any atom is 0.231 e. The zero-order chi connectivity index (χ0) is 31.9. The van der Waals surface area contributed by atoms with Crippen molar-refractivity contribution in [1.82, 2.24) is 24.9 Å². The number of hydrogen-bond acceptors (Lipinski definition) is 10. The van der Waals surface area contributed by atoms with Crippen LogP contribution in [-0.2, 0) is 15.8 Å². The molecule has 11 nitrogen and oxygen atoms in total. The number of halogens is 1. The molecular weight excluding hydrogens is 577 g/mol. The average Bonchev–Trinajstić information content (AvgIpc) is 3.38. The molecule has 0 unspecified atom stereocenters. The number of rotatable bonds is 9. The Kier molecular flexibility index (Phi) is 7.45. The predicted molar refractivity (Wildman–Crippen MR) is 164 cm³/mol. The standard InChI is InChI=1S/C33H30FN7O4/c1-18-10-21-11-20(12-24(27(21)37-14-18)40-31-38-16-36-17-39-31)25(42)8-9-33(3,44)26-13-23-29(45-15-32(23,2)30(35)43)28(41-26)19-4-6-22(34)7-5-19/h4-7,10-14,16-17,44H,8-9,15H2,1-3H3,(H2,35,43)(H,36,38,39,40)/t32-,33-/m0/s1. The average molecular weight is 608 g/mol. The lowest BCUT2D eigenvalue weighted by molar-refractivity contribution is -0.123. The number of aromatic nitrogens is 5. The summed E-state index contributed by atoms with van der Waals surface area (Å²) in [4.78, 5) is 47.4. The van der Waals surface area contributed by atoms with E-state index in [1.54, 1.807) is 50.4 Å². The number of hydrogen-bond donors (Lipinski definition) is 3. The minimum absolute atomic E-state index is 0.00514. The van der Waals surface area contributed by atoms with Gasteiger partial charge in [0.1, 0.15) is 47.5 Å². The summed E-state index contributed by atoms with van der Waals surface area (Å²) < 4.78 is 19.6. The van der Waals surface area contributed by atoms with Gasteiger partial charge in [0.15, 0.2) is 5.78 Å². The number of nitrogens with two attached hydrogens (primary N) is 1. The van der Waals surface area contributed by atoms with E-state index in [0.717, 1.165) is 10.9 Å². The Morgan fingerprint density at radius 2 is 1.84 bits per heavy atom. The molecule has 228 valence electrons. The maximum absolute atomic E-state index is 13.7. The van der Waals surface area contributed by atoms with Crippen LogP contribution in [0.4, 0.5) is 16.0 Å². The molecule has 45 heavy (non-hydrogen) atoms. The number of fused-ring (bicyclic) bond motifs is 2. The minimum Gasteiger partial charge on any atom is -0.489 e. The Hall–Kier alpha value is -5.36. The summed E-state index contributed by atoms with van der Waals surface area (Å²) in [5.41, 5.74) is 7.08. The summed E-state index contributed by atoms with van der Waals surface area (Å²) in [5.74, 6) is -0.598. The van der Waals surface area contributed by atoms with Crippen molar-refractivity contribution in [3.05, 3.63) is 95.6 Å². The third-order valence-electron chi connectivity index (χ3n) is 8.11. The van der Waals surface area contributed by atoms with Crippen LogP contribution >= 0.6 is 0 Å². The Balaban J connectivity index is 1.33. The van der Waals surface area contributed by atoms with E-state index >= 15 is 0 Å². The van der Waals surface area contributed by atoms with E-state index < -0.39 is 22.7 Å². The SMILES string of the molecule is Cc1cnc2c(Nc3ncncn3)cc(C(=O)CC[C@](C)(O)c3cc4c(c(-c5ccc(F)cc5)n3)OC[C@]4(C)C(N)=O)cc2c1. The van der Waals surface area contributed by atoms with E-state index in [1.807, 2.05) is 13.0 Å². The van der Waals surface area contributed by atoms with Crippen molar-refractivity contribution in [3.8, 4) is 17.0 Å². The molecule has 3 aromatic heterocycles. The van der Waals surface area contributed by atoms with Crippen LogP contribution in [0, 0.1) is 12.7 Å². The molecule has 2 atom stereocenters. The Morgan fingerprint density at radius 1 is 1.11 bits per heavy atom. The van der Waals surface area contributed by atoms with Crippen molar-refractivity contribution >= 4 is 34.2 Å². The number of carbonyl (C=O) groups is 2. The number of aliphatic hydroxyl groups is 1. The largest absolute Gasteiger partial charge is 0.489 e. The van der Waals surface area contributed by atoms with Crippen LogP contribution in [0.3, 0.4) is 0 Å². The highest BCUT2D eigenvalue weighted by molar-refractivity contribution is 6.03. The normalized spacial score (nSPS) is 16.9. The van der Waals surface area contributed by atoms with Crippen molar-refractivity contribution in [1.29, 1.82) is 0 Å². The molecule has 0 saturated carbocycles. The quantitative estimate of drug-likeness (QED) is 0.200. The molecule has 2 aromatic carbocycles. The molecule has 0 bridgehead atoms. The zero-order valence-corrected chi connectivity index (χ0v) is 24.8. The van der Waals surface area contributed by atoms with Crippen LogP contribution in [0.2, 0.25) is 0 Å².